The van der Waals surface area contributed by atoms with Crippen molar-refractivity contribution in [3.63, 3.8) is 0 Å². The van der Waals surface area contributed by atoms with Gasteiger partial charge in [-0.2, -0.15) is 0 Å². The van der Waals surface area contributed by atoms with E-state index in [9.17, 15) is 9.59 Å². The van der Waals surface area contributed by atoms with E-state index >= 15 is 0 Å². The molecule has 0 spiro atoms. The van der Waals surface area contributed by atoms with Gasteiger partial charge in [0.05, 0.1) is 12.7 Å². The molecule has 0 saturated heterocycles. The lowest BCUT2D eigenvalue weighted by atomic mass is 10.0. The predicted octanol–water partition coefficient (Wildman–Crippen LogP) is 6.36. The zero-order valence-electron chi connectivity index (χ0n) is 24.3. The highest BCUT2D eigenvalue weighted by molar-refractivity contribution is 6.10. The van der Waals surface area contributed by atoms with Crippen LogP contribution in [-0.4, -0.2) is 40.0 Å². The van der Waals surface area contributed by atoms with E-state index in [-0.39, 0.29) is 23.7 Å². The molecular weight excluding hydrogens is 524 g/mol. The Morgan fingerprint density at radius 2 is 1.68 bits per heavy atom. The lowest BCUT2D eigenvalue weighted by molar-refractivity contribution is -0.171. The molecule has 9 heteroatoms. The van der Waals surface area contributed by atoms with Crippen LogP contribution in [0, 0.1) is 6.92 Å². The van der Waals surface area contributed by atoms with E-state index in [1.807, 2.05) is 37.3 Å². The first-order valence-corrected chi connectivity index (χ1v) is 13.1. The Kier molecular flexibility index (Phi) is 8.47. The summed E-state index contributed by atoms with van der Waals surface area (Å²) in [6.45, 7) is 10.5. The first-order chi connectivity index (χ1) is 19.4. The standard InChI is InChI=1S/C32H34N2O7/c1-20-25(34-29(39-20)21-11-9-8-10-12-21)19-38-27-16-13-22(18-33-27)28(35)24-15-14-23(37-7)17-26(24)40-32(5,6)30(36)41-31(2,3)4/h8-18H,19H2,1-7H3. The zero-order valence-corrected chi connectivity index (χ0v) is 24.3. The van der Waals surface area contributed by atoms with Crippen molar-refractivity contribution in [3.05, 3.63) is 89.4 Å². The molecule has 0 unspecified atom stereocenters. The van der Waals surface area contributed by atoms with Crippen LogP contribution in [0.1, 0.15) is 62.0 Å². The van der Waals surface area contributed by atoms with Crippen molar-refractivity contribution >= 4 is 11.8 Å². The van der Waals surface area contributed by atoms with Crippen LogP contribution < -0.4 is 14.2 Å². The smallest absolute Gasteiger partial charge is 0.350 e. The second-order valence-electron chi connectivity index (χ2n) is 10.9. The van der Waals surface area contributed by atoms with Crippen LogP contribution >= 0.6 is 0 Å². The number of pyridine rings is 1. The van der Waals surface area contributed by atoms with Crippen molar-refractivity contribution in [2.24, 2.45) is 0 Å². The van der Waals surface area contributed by atoms with Gasteiger partial charge in [-0.15, -0.1) is 0 Å². The SMILES string of the molecule is COc1ccc(C(=O)c2ccc(OCc3nc(-c4ccccc4)oc3C)nc2)c(OC(C)(C)C(=O)OC(C)(C)C)c1. The molecule has 0 amide bonds. The normalized spacial score (nSPS) is 11.6. The van der Waals surface area contributed by atoms with E-state index in [1.54, 1.807) is 65.0 Å². The number of hydrogen-bond acceptors (Lipinski definition) is 9. The highest BCUT2D eigenvalue weighted by Crippen LogP contribution is 2.31. The Balaban J connectivity index is 1.49. The molecule has 4 rings (SSSR count). The molecule has 2 aromatic carbocycles. The first kappa shape index (κ1) is 29.3. The summed E-state index contributed by atoms with van der Waals surface area (Å²) >= 11 is 0. The molecule has 0 N–H and O–H groups in total. The van der Waals surface area contributed by atoms with E-state index in [1.165, 1.54) is 13.3 Å². The van der Waals surface area contributed by atoms with E-state index in [0.29, 0.717) is 34.5 Å². The molecule has 2 aromatic heterocycles. The molecule has 0 radical (unpaired) electrons. The molecule has 214 valence electrons. The van der Waals surface area contributed by atoms with Crippen LogP contribution in [0.2, 0.25) is 0 Å². The minimum atomic E-state index is -1.37. The number of methoxy groups -OCH3 is 1. The average Bonchev–Trinajstić information content (AvgIpc) is 3.31. The van der Waals surface area contributed by atoms with E-state index in [0.717, 1.165) is 5.56 Å². The Morgan fingerprint density at radius 3 is 2.32 bits per heavy atom. The van der Waals surface area contributed by atoms with Gasteiger partial charge in [-0.05, 0) is 71.9 Å². The van der Waals surface area contributed by atoms with Gasteiger partial charge >= 0.3 is 5.97 Å². The van der Waals surface area contributed by atoms with Crippen molar-refractivity contribution in [2.75, 3.05) is 7.11 Å². The van der Waals surface area contributed by atoms with Gasteiger partial charge in [-0.1, -0.05) is 18.2 Å². The molecule has 41 heavy (non-hydrogen) atoms. The number of ether oxygens (including phenoxy) is 4. The predicted molar refractivity (Wildman–Crippen MR) is 152 cm³/mol. The number of nitrogens with zero attached hydrogens (tertiary/aromatic N) is 2. The molecule has 2 heterocycles. The third kappa shape index (κ3) is 7.30. The van der Waals surface area contributed by atoms with Gasteiger partial charge < -0.3 is 23.4 Å². The third-order valence-corrected chi connectivity index (χ3v) is 5.96. The van der Waals surface area contributed by atoms with E-state index in [2.05, 4.69) is 9.97 Å². The maximum Gasteiger partial charge on any atom is 0.350 e. The fourth-order valence-electron chi connectivity index (χ4n) is 3.78. The Morgan fingerprint density at radius 1 is 0.951 bits per heavy atom. The molecule has 0 fully saturated rings. The third-order valence-electron chi connectivity index (χ3n) is 5.96. The van der Waals surface area contributed by atoms with Crippen LogP contribution in [0.5, 0.6) is 17.4 Å². The zero-order chi connectivity index (χ0) is 29.8. The molecular formula is C32H34N2O7. The van der Waals surface area contributed by atoms with Crippen molar-refractivity contribution in [2.45, 2.75) is 59.4 Å². The number of aryl methyl sites for hydroxylation is 1. The second-order valence-corrected chi connectivity index (χ2v) is 10.9. The summed E-state index contributed by atoms with van der Waals surface area (Å²) in [4.78, 5) is 35.1. The van der Waals surface area contributed by atoms with E-state index in [4.69, 9.17) is 23.4 Å². The Hall–Kier alpha value is -4.66. The largest absolute Gasteiger partial charge is 0.497 e. The maximum absolute atomic E-state index is 13.5. The fourth-order valence-corrected chi connectivity index (χ4v) is 3.78. The van der Waals surface area contributed by atoms with Crippen molar-refractivity contribution in [1.29, 1.82) is 0 Å². The molecule has 0 aliphatic rings. The lowest BCUT2D eigenvalue weighted by Gasteiger charge is -2.29. The fraction of sp³-hybridized carbons (Fsp3) is 0.312. The number of carbonyl (C=O) groups excluding carboxylic acids is 2. The summed E-state index contributed by atoms with van der Waals surface area (Å²) in [5.41, 5.74) is 0.00901. The number of hydrogen-bond donors (Lipinski definition) is 0. The number of rotatable bonds is 10. The quantitative estimate of drug-likeness (QED) is 0.162. The lowest BCUT2D eigenvalue weighted by Crippen LogP contribution is -2.43. The van der Waals surface area contributed by atoms with Crippen LogP contribution in [-0.2, 0) is 16.1 Å². The number of carbonyl (C=O) groups is 2. The summed E-state index contributed by atoms with van der Waals surface area (Å²) in [5, 5.41) is 0. The molecule has 0 aliphatic heterocycles. The summed E-state index contributed by atoms with van der Waals surface area (Å²) in [7, 11) is 1.51. The first-order valence-electron chi connectivity index (χ1n) is 13.1. The summed E-state index contributed by atoms with van der Waals surface area (Å²) in [6, 6.07) is 17.6. The van der Waals surface area contributed by atoms with Gasteiger partial charge in [0.1, 0.15) is 35.2 Å². The number of esters is 1. The molecule has 0 bridgehead atoms. The molecule has 0 atom stereocenters. The summed E-state index contributed by atoms with van der Waals surface area (Å²) in [5.74, 6) is 1.23. The van der Waals surface area contributed by atoms with Crippen LogP contribution in [0.3, 0.4) is 0 Å². The summed E-state index contributed by atoms with van der Waals surface area (Å²) < 4.78 is 28.5. The van der Waals surface area contributed by atoms with Gasteiger partial charge in [0.25, 0.3) is 0 Å². The van der Waals surface area contributed by atoms with Crippen molar-refractivity contribution in [3.8, 4) is 28.8 Å². The molecule has 0 aliphatic carbocycles. The minimum Gasteiger partial charge on any atom is -0.497 e. The molecule has 0 saturated carbocycles. The van der Waals surface area contributed by atoms with Crippen LogP contribution in [0.25, 0.3) is 11.5 Å². The van der Waals surface area contributed by atoms with Crippen molar-refractivity contribution < 1.29 is 33.0 Å². The second kappa shape index (κ2) is 11.8. The minimum absolute atomic E-state index is 0.151. The highest BCUT2D eigenvalue weighted by atomic mass is 16.6. The Labute approximate surface area is 239 Å². The topological polar surface area (TPSA) is 110 Å². The Bertz CT molecular complexity index is 1520. The van der Waals surface area contributed by atoms with Gasteiger partial charge in [0, 0.05) is 29.5 Å². The van der Waals surface area contributed by atoms with Crippen LogP contribution in [0.4, 0.5) is 0 Å². The summed E-state index contributed by atoms with van der Waals surface area (Å²) in [6.07, 6.45) is 1.43. The van der Waals surface area contributed by atoms with E-state index < -0.39 is 17.2 Å². The highest BCUT2D eigenvalue weighted by Gasteiger charge is 2.36. The monoisotopic (exact) mass is 558 g/mol. The number of aromatic nitrogens is 2. The molecule has 9 nitrogen and oxygen atoms in total. The van der Waals surface area contributed by atoms with Gasteiger partial charge in [0.15, 0.2) is 11.4 Å². The van der Waals surface area contributed by atoms with Crippen molar-refractivity contribution in [1.82, 2.24) is 9.97 Å². The van der Waals surface area contributed by atoms with Gasteiger partial charge in [0.2, 0.25) is 11.8 Å². The van der Waals surface area contributed by atoms with Gasteiger partial charge in [-0.3, -0.25) is 4.79 Å². The van der Waals surface area contributed by atoms with Crippen LogP contribution in [0.15, 0.2) is 71.3 Å². The number of benzene rings is 2. The maximum atomic E-state index is 13.5. The van der Waals surface area contributed by atoms with Gasteiger partial charge in [-0.25, -0.2) is 14.8 Å². The number of oxazole rings is 1. The average molecular weight is 559 g/mol. The number of ketones is 1. The molecule has 4 aromatic rings.